The van der Waals surface area contributed by atoms with E-state index in [0.717, 1.165) is 42.2 Å². The minimum absolute atomic E-state index is 0.229. The van der Waals surface area contributed by atoms with Gasteiger partial charge in [0.2, 0.25) is 5.91 Å². The Kier molecular flexibility index (Phi) is 4.83. The lowest BCUT2D eigenvalue weighted by Gasteiger charge is -2.39. The first-order chi connectivity index (χ1) is 9.07. The van der Waals surface area contributed by atoms with Gasteiger partial charge in [0.25, 0.3) is 0 Å². The normalized spacial score (nSPS) is 27.4. The van der Waals surface area contributed by atoms with Crippen LogP contribution in [0.5, 0.6) is 0 Å². The van der Waals surface area contributed by atoms with Crippen molar-refractivity contribution in [2.45, 2.75) is 50.6 Å². The van der Waals surface area contributed by atoms with E-state index >= 15 is 0 Å². The third kappa shape index (κ3) is 3.28. The molecule has 5 nitrogen and oxygen atoms in total. The highest BCUT2D eigenvalue weighted by molar-refractivity contribution is 14.1. The average molecular weight is 376 g/mol. The summed E-state index contributed by atoms with van der Waals surface area (Å²) in [6.07, 6.45) is 8.50. The molecule has 1 aliphatic carbocycles. The van der Waals surface area contributed by atoms with Crippen LogP contribution in [-0.2, 0) is 4.79 Å². The number of hydrogen-bond acceptors (Lipinski definition) is 3. The van der Waals surface area contributed by atoms with Gasteiger partial charge in [0.15, 0.2) is 0 Å². The molecule has 0 saturated heterocycles. The Morgan fingerprint density at radius 1 is 1.74 bits per heavy atom. The van der Waals surface area contributed by atoms with E-state index < -0.39 is 5.54 Å². The summed E-state index contributed by atoms with van der Waals surface area (Å²) < 4.78 is 3.10. The Labute approximate surface area is 127 Å². The molecule has 0 radical (unpaired) electrons. The first-order valence-electron chi connectivity index (χ1n) is 6.82. The van der Waals surface area contributed by atoms with Crippen LogP contribution in [-0.4, -0.2) is 27.8 Å². The van der Waals surface area contributed by atoms with Crippen LogP contribution in [0.1, 0.15) is 45.1 Å². The number of halogens is 1. The van der Waals surface area contributed by atoms with E-state index in [1.165, 1.54) is 0 Å². The number of primary amides is 1. The molecule has 0 aromatic carbocycles. The highest BCUT2D eigenvalue weighted by Gasteiger charge is 2.41. The lowest BCUT2D eigenvalue weighted by molar-refractivity contribution is -0.126. The third-order valence-corrected chi connectivity index (χ3v) is 4.41. The molecule has 1 amide bonds. The van der Waals surface area contributed by atoms with Crippen molar-refractivity contribution in [1.82, 2.24) is 15.1 Å². The molecule has 0 bridgehead atoms. The van der Waals surface area contributed by atoms with Crippen molar-refractivity contribution in [3.8, 4) is 0 Å². The quantitative estimate of drug-likeness (QED) is 0.771. The smallest absolute Gasteiger partial charge is 0.237 e. The van der Waals surface area contributed by atoms with Crippen molar-refractivity contribution < 1.29 is 4.79 Å². The van der Waals surface area contributed by atoms with E-state index in [4.69, 9.17) is 5.73 Å². The van der Waals surface area contributed by atoms with Gasteiger partial charge >= 0.3 is 0 Å². The van der Waals surface area contributed by atoms with Crippen LogP contribution in [0.15, 0.2) is 12.4 Å². The number of aromatic nitrogens is 2. The molecule has 1 aliphatic rings. The summed E-state index contributed by atoms with van der Waals surface area (Å²) in [5.41, 5.74) is 5.10. The van der Waals surface area contributed by atoms with Crippen molar-refractivity contribution >= 4 is 28.5 Å². The first kappa shape index (κ1) is 14.8. The Hall–Kier alpha value is -0.630. The number of carbonyl (C=O) groups excluding carboxylic acids is 1. The van der Waals surface area contributed by atoms with Crippen molar-refractivity contribution in [1.29, 1.82) is 0 Å². The van der Waals surface area contributed by atoms with E-state index in [2.05, 4.69) is 39.9 Å². The van der Waals surface area contributed by atoms with Gasteiger partial charge in [0.05, 0.1) is 21.3 Å². The van der Waals surface area contributed by atoms with Gasteiger partial charge < -0.3 is 11.1 Å². The second-order valence-electron chi connectivity index (χ2n) is 5.26. The number of amides is 1. The summed E-state index contributed by atoms with van der Waals surface area (Å²) >= 11 is 2.25. The van der Waals surface area contributed by atoms with E-state index in [9.17, 15) is 4.79 Å². The predicted molar refractivity (Wildman–Crippen MR) is 82.7 cm³/mol. The second-order valence-corrected chi connectivity index (χ2v) is 6.51. The van der Waals surface area contributed by atoms with Crippen LogP contribution in [0.3, 0.4) is 0 Å². The maximum absolute atomic E-state index is 11.9. The standard InChI is InChI=1S/C13H21IN4O/c1-2-6-16-13(12(15)19)5-3-4-11(7-13)18-9-10(14)8-17-18/h8-9,11,16H,2-7H2,1H3,(H2,15,19). The highest BCUT2D eigenvalue weighted by Crippen LogP contribution is 2.35. The molecule has 0 spiro atoms. The molecule has 3 N–H and O–H groups in total. The van der Waals surface area contributed by atoms with Gasteiger partial charge in [-0.25, -0.2) is 0 Å². The molecule has 1 aromatic rings. The van der Waals surface area contributed by atoms with Crippen LogP contribution in [0, 0.1) is 3.57 Å². The maximum Gasteiger partial charge on any atom is 0.237 e. The van der Waals surface area contributed by atoms with E-state index in [0.29, 0.717) is 0 Å². The highest BCUT2D eigenvalue weighted by atomic mass is 127. The van der Waals surface area contributed by atoms with Crippen LogP contribution in [0.4, 0.5) is 0 Å². The monoisotopic (exact) mass is 376 g/mol. The molecule has 2 atom stereocenters. The minimum atomic E-state index is -0.559. The lowest BCUT2D eigenvalue weighted by Crippen LogP contribution is -2.58. The number of rotatable bonds is 5. The molecule has 1 aromatic heterocycles. The molecule has 1 heterocycles. The number of carbonyl (C=O) groups is 1. The molecule has 106 valence electrons. The van der Waals surface area contributed by atoms with Crippen molar-refractivity contribution in [2.24, 2.45) is 5.73 Å². The van der Waals surface area contributed by atoms with Gasteiger partial charge in [-0.2, -0.15) is 5.10 Å². The fraction of sp³-hybridized carbons (Fsp3) is 0.692. The summed E-state index contributed by atoms with van der Waals surface area (Å²) in [6, 6.07) is 0.258. The molecular weight excluding hydrogens is 355 g/mol. The third-order valence-electron chi connectivity index (χ3n) is 3.85. The summed E-state index contributed by atoms with van der Waals surface area (Å²) in [4.78, 5) is 11.9. The fourth-order valence-corrected chi connectivity index (χ4v) is 3.23. The van der Waals surface area contributed by atoms with Crippen LogP contribution in [0.2, 0.25) is 0 Å². The predicted octanol–water partition coefficient (Wildman–Crippen LogP) is 1.83. The molecular formula is C13H21IN4O. The van der Waals surface area contributed by atoms with Gasteiger partial charge in [0.1, 0.15) is 0 Å². The Morgan fingerprint density at radius 3 is 3.11 bits per heavy atom. The van der Waals surface area contributed by atoms with E-state index in [-0.39, 0.29) is 11.9 Å². The Morgan fingerprint density at radius 2 is 2.53 bits per heavy atom. The number of nitrogens with one attached hydrogen (secondary N) is 1. The summed E-state index contributed by atoms with van der Waals surface area (Å²) in [6.45, 7) is 2.92. The molecule has 19 heavy (non-hydrogen) atoms. The zero-order chi connectivity index (χ0) is 13.9. The SMILES string of the molecule is CCCNC1(C(N)=O)CCCC(n2cc(I)cn2)C1. The maximum atomic E-state index is 11.9. The van der Waals surface area contributed by atoms with Crippen molar-refractivity contribution in [2.75, 3.05) is 6.54 Å². The zero-order valence-corrected chi connectivity index (χ0v) is 13.4. The van der Waals surface area contributed by atoms with E-state index in [1.54, 1.807) is 0 Å². The van der Waals surface area contributed by atoms with Gasteiger partial charge in [-0.3, -0.25) is 9.48 Å². The minimum Gasteiger partial charge on any atom is -0.368 e. The summed E-state index contributed by atoms with van der Waals surface area (Å²) in [7, 11) is 0. The molecule has 2 unspecified atom stereocenters. The summed E-state index contributed by atoms with van der Waals surface area (Å²) in [5.74, 6) is -0.229. The second kappa shape index (κ2) is 6.21. The first-order valence-corrected chi connectivity index (χ1v) is 7.90. The fourth-order valence-electron chi connectivity index (χ4n) is 2.82. The Bertz CT molecular complexity index is 448. The Balaban J connectivity index is 2.15. The molecule has 0 aliphatic heterocycles. The molecule has 2 rings (SSSR count). The average Bonchev–Trinajstić information content (AvgIpc) is 2.83. The van der Waals surface area contributed by atoms with Gasteiger partial charge in [-0.1, -0.05) is 6.92 Å². The molecule has 1 fully saturated rings. The van der Waals surface area contributed by atoms with Crippen LogP contribution in [0.25, 0.3) is 0 Å². The van der Waals surface area contributed by atoms with Crippen molar-refractivity contribution in [3.05, 3.63) is 16.0 Å². The number of nitrogens with zero attached hydrogens (tertiary/aromatic N) is 2. The van der Waals surface area contributed by atoms with Crippen LogP contribution >= 0.6 is 22.6 Å². The van der Waals surface area contributed by atoms with Gasteiger partial charge in [-0.05, 0) is 61.2 Å². The van der Waals surface area contributed by atoms with Crippen molar-refractivity contribution in [3.63, 3.8) is 0 Å². The van der Waals surface area contributed by atoms with Gasteiger partial charge in [0, 0.05) is 6.20 Å². The lowest BCUT2D eigenvalue weighted by atomic mass is 9.78. The number of nitrogens with two attached hydrogens (primary N) is 1. The number of hydrogen-bond donors (Lipinski definition) is 2. The van der Waals surface area contributed by atoms with E-state index in [1.807, 2.05) is 17.1 Å². The summed E-state index contributed by atoms with van der Waals surface area (Å²) in [5, 5.41) is 7.75. The largest absolute Gasteiger partial charge is 0.368 e. The molecule has 6 heteroatoms. The van der Waals surface area contributed by atoms with Crippen LogP contribution < -0.4 is 11.1 Å². The van der Waals surface area contributed by atoms with Gasteiger partial charge in [-0.15, -0.1) is 0 Å². The zero-order valence-electron chi connectivity index (χ0n) is 11.2. The molecule has 1 saturated carbocycles. The topological polar surface area (TPSA) is 72.9 Å².